The molecular formula is C26H34N2. The number of benzene rings is 2. The molecule has 0 heterocycles. The lowest BCUT2D eigenvalue weighted by Crippen LogP contribution is -2.25. The smallest absolute Gasteiger partial charge is 0.0698 e. The van der Waals surface area contributed by atoms with Gasteiger partial charge >= 0.3 is 0 Å². The van der Waals surface area contributed by atoms with Crippen molar-refractivity contribution in [1.29, 1.82) is 0 Å². The molecule has 2 aromatic carbocycles. The van der Waals surface area contributed by atoms with Crippen LogP contribution in [0.2, 0.25) is 0 Å². The predicted octanol–water partition coefficient (Wildman–Crippen LogP) is 7.99. The van der Waals surface area contributed by atoms with Crippen LogP contribution < -0.4 is 0 Å². The van der Waals surface area contributed by atoms with E-state index in [1.165, 1.54) is 41.1 Å². The molecule has 0 N–H and O–H groups in total. The van der Waals surface area contributed by atoms with Gasteiger partial charge < -0.3 is 0 Å². The molecule has 1 saturated carbocycles. The zero-order valence-corrected chi connectivity index (χ0v) is 18.1. The highest BCUT2D eigenvalue weighted by atomic mass is 14.8. The molecule has 148 valence electrons. The van der Waals surface area contributed by atoms with Crippen molar-refractivity contribution in [3.63, 3.8) is 0 Å². The Bertz CT molecular complexity index is 818. The van der Waals surface area contributed by atoms with Crippen molar-refractivity contribution in [2.45, 2.75) is 72.1 Å². The minimum atomic E-state index is 0.356. The van der Waals surface area contributed by atoms with Crippen molar-refractivity contribution in [1.82, 2.24) is 0 Å². The highest BCUT2D eigenvalue weighted by molar-refractivity contribution is 6.08. The second kappa shape index (κ2) is 9.32. The maximum Gasteiger partial charge on any atom is 0.0698 e. The van der Waals surface area contributed by atoms with Crippen LogP contribution in [0.5, 0.6) is 0 Å². The second-order valence-electron chi connectivity index (χ2n) is 8.58. The van der Waals surface area contributed by atoms with Crippen LogP contribution in [0.1, 0.15) is 83.3 Å². The largest absolute Gasteiger partial charge is 0.257 e. The molecule has 0 radical (unpaired) electrons. The Morgan fingerprint density at radius 1 is 0.857 bits per heavy atom. The maximum absolute atomic E-state index is 5.34. The van der Waals surface area contributed by atoms with Gasteiger partial charge in [0.15, 0.2) is 0 Å². The van der Waals surface area contributed by atoms with Crippen LogP contribution in [0.15, 0.2) is 58.5 Å². The van der Waals surface area contributed by atoms with E-state index in [1.54, 1.807) is 0 Å². The summed E-state index contributed by atoms with van der Waals surface area (Å²) in [5, 5.41) is 0. The molecular weight excluding hydrogens is 340 g/mol. The first-order valence-corrected chi connectivity index (χ1v) is 10.8. The topological polar surface area (TPSA) is 24.7 Å². The Kier molecular flexibility index (Phi) is 6.83. The minimum absolute atomic E-state index is 0.356. The van der Waals surface area contributed by atoms with Gasteiger partial charge in [-0.05, 0) is 61.3 Å². The lowest BCUT2D eigenvalue weighted by molar-refractivity contribution is 0.611. The van der Waals surface area contributed by atoms with E-state index in [9.17, 15) is 0 Å². The summed E-state index contributed by atoms with van der Waals surface area (Å²) in [6, 6.07) is 17.0. The molecule has 0 bridgehead atoms. The van der Waals surface area contributed by atoms with E-state index >= 15 is 0 Å². The van der Waals surface area contributed by atoms with E-state index < -0.39 is 0 Å². The van der Waals surface area contributed by atoms with Crippen molar-refractivity contribution in [3.05, 3.63) is 59.7 Å². The van der Waals surface area contributed by atoms with Crippen molar-refractivity contribution in [2.24, 2.45) is 15.9 Å². The summed E-state index contributed by atoms with van der Waals surface area (Å²) < 4.78 is 0. The van der Waals surface area contributed by atoms with Gasteiger partial charge in [-0.25, -0.2) is 0 Å². The summed E-state index contributed by atoms with van der Waals surface area (Å²) in [7, 11) is 0. The molecule has 0 amide bonds. The molecule has 1 aliphatic carbocycles. The van der Waals surface area contributed by atoms with Gasteiger partial charge in [-0.1, -0.05) is 70.5 Å². The van der Waals surface area contributed by atoms with Gasteiger partial charge in [0.25, 0.3) is 0 Å². The average molecular weight is 375 g/mol. The predicted molar refractivity (Wildman–Crippen MR) is 123 cm³/mol. The van der Waals surface area contributed by atoms with Crippen LogP contribution in [0.4, 0.5) is 11.4 Å². The van der Waals surface area contributed by atoms with E-state index in [1.807, 2.05) is 6.07 Å². The van der Waals surface area contributed by atoms with Gasteiger partial charge in [-0.2, -0.15) is 0 Å². The molecule has 1 fully saturated rings. The summed E-state index contributed by atoms with van der Waals surface area (Å²) in [4.78, 5) is 10.3. The van der Waals surface area contributed by atoms with E-state index in [0.29, 0.717) is 17.8 Å². The summed E-state index contributed by atoms with van der Waals surface area (Å²) in [5.41, 5.74) is 7.48. The molecule has 0 aliphatic heterocycles. The van der Waals surface area contributed by atoms with Crippen LogP contribution in [0.3, 0.4) is 0 Å². The monoisotopic (exact) mass is 374 g/mol. The zero-order valence-electron chi connectivity index (χ0n) is 18.1. The van der Waals surface area contributed by atoms with Crippen LogP contribution in [-0.2, 0) is 0 Å². The molecule has 0 spiro atoms. The van der Waals surface area contributed by atoms with E-state index in [4.69, 9.17) is 9.98 Å². The quantitative estimate of drug-likeness (QED) is 0.474. The SMILES string of the molecule is CC(=Nc1ccccc1)C1CCCCC1=Nc1c(C(C)C)cccc1C(C)C. The summed E-state index contributed by atoms with van der Waals surface area (Å²) >= 11 is 0. The lowest BCUT2D eigenvalue weighted by Gasteiger charge is -2.26. The van der Waals surface area contributed by atoms with Crippen LogP contribution >= 0.6 is 0 Å². The molecule has 0 aromatic heterocycles. The Morgan fingerprint density at radius 3 is 2.11 bits per heavy atom. The first kappa shape index (κ1) is 20.5. The zero-order chi connectivity index (χ0) is 20.1. The summed E-state index contributed by atoms with van der Waals surface area (Å²) in [6.45, 7) is 11.2. The minimum Gasteiger partial charge on any atom is -0.257 e. The van der Waals surface area contributed by atoms with Gasteiger partial charge in [0.05, 0.1) is 11.4 Å². The number of aliphatic imine (C=N–C) groups is 2. The Labute approximate surface area is 170 Å². The number of rotatable bonds is 5. The third-order valence-corrected chi connectivity index (χ3v) is 5.74. The third kappa shape index (κ3) is 4.79. The van der Waals surface area contributed by atoms with Crippen molar-refractivity contribution < 1.29 is 0 Å². The lowest BCUT2D eigenvalue weighted by atomic mass is 9.83. The molecule has 2 nitrogen and oxygen atoms in total. The Hall–Kier alpha value is -2.22. The summed E-state index contributed by atoms with van der Waals surface area (Å²) in [5.74, 6) is 1.30. The molecule has 1 atom stereocenters. The van der Waals surface area contributed by atoms with Crippen LogP contribution in [-0.4, -0.2) is 11.4 Å². The standard InChI is InChI=1S/C26H34N2/c1-18(2)22-15-11-16-23(19(3)4)26(22)28-25-17-10-9-14-24(25)20(5)27-21-12-7-6-8-13-21/h6-8,11-13,15-16,18-19,24H,9-10,14,17H2,1-5H3. The fourth-order valence-corrected chi connectivity index (χ4v) is 4.15. The third-order valence-electron chi connectivity index (χ3n) is 5.74. The molecule has 2 heteroatoms. The second-order valence-corrected chi connectivity index (χ2v) is 8.58. The van der Waals surface area contributed by atoms with Crippen LogP contribution in [0, 0.1) is 5.92 Å². The van der Waals surface area contributed by atoms with E-state index in [2.05, 4.69) is 77.1 Å². The molecule has 1 aliphatic rings. The van der Waals surface area contributed by atoms with Crippen molar-refractivity contribution in [3.8, 4) is 0 Å². The van der Waals surface area contributed by atoms with Gasteiger partial charge in [-0.15, -0.1) is 0 Å². The number of nitrogens with zero attached hydrogens (tertiary/aromatic N) is 2. The van der Waals surface area contributed by atoms with Gasteiger partial charge in [0, 0.05) is 17.3 Å². The molecule has 2 aromatic rings. The fraction of sp³-hybridized carbons (Fsp3) is 0.462. The van der Waals surface area contributed by atoms with Crippen molar-refractivity contribution >= 4 is 22.8 Å². The van der Waals surface area contributed by atoms with E-state index in [0.717, 1.165) is 18.5 Å². The van der Waals surface area contributed by atoms with Gasteiger partial charge in [0.2, 0.25) is 0 Å². The van der Waals surface area contributed by atoms with Crippen molar-refractivity contribution in [2.75, 3.05) is 0 Å². The molecule has 0 saturated heterocycles. The molecule has 3 rings (SSSR count). The van der Waals surface area contributed by atoms with Gasteiger partial charge in [-0.3, -0.25) is 9.98 Å². The molecule has 28 heavy (non-hydrogen) atoms. The highest BCUT2D eigenvalue weighted by Gasteiger charge is 2.24. The van der Waals surface area contributed by atoms with Crippen LogP contribution in [0.25, 0.3) is 0 Å². The summed E-state index contributed by atoms with van der Waals surface area (Å²) in [6.07, 6.45) is 4.72. The highest BCUT2D eigenvalue weighted by Crippen LogP contribution is 2.37. The Morgan fingerprint density at radius 2 is 1.50 bits per heavy atom. The normalized spacial score (nSPS) is 19.6. The first-order chi connectivity index (χ1) is 13.5. The maximum atomic E-state index is 5.34. The number of para-hydroxylation sites is 2. The fourth-order valence-electron chi connectivity index (χ4n) is 4.15. The van der Waals surface area contributed by atoms with E-state index in [-0.39, 0.29) is 0 Å². The molecule has 1 unspecified atom stereocenters. The first-order valence-electron chi connectivity index (χ1n) is 10.8. The van der Waals surface area contributed by atoms with Gasteiger partial charge in [0.1, 0.15) is 0 Å². The number of hydrogen-bond acceptors (Lipinski definition) is 2. The average Bonchev–Trinajstić information content (AvgIpc) is 2.69. The number of hydrogen-bond donors (Lipinski definition) is 0. The Balaban J connectivity index is 2.03.